The van der Waals surface area contributed by atoms with Gasteiger partial charge in [-0.1, -0.05) is 45.7 Å². The van der Waals surface area contributed by atoms with Gasteiger partial charge in [-0.3, -0.25) is 14.5 Å². The van der Waals surface area contributed by atoms with Crippen molar-refractivity contribution in [3.8, 4) is 0 Å². The molecule has 2 aromatic rings. The van der Waals surface area contributed by atoms with Gasteiger partial charge in [0.1, 0.15) is 5.00 Å². The standard InChI is InChI=1S/C29H39N3O4S/c1-29(2,3)19-13-14-21-23(17-19)37-27(31-24(33)18-32-15-9-5-6-10-16-32)25(21)26(34)30-22-12-8-7-11-20(22)28(35)36-4/h7-8,11-12,19H,5-6,9-10,13-18H2,1-4H3,(H,30,34)(H,31,33). The van der Waals surface area contributed by atoms with E-state index >= 15 is 0 Å². The Bertz CT molecular complexity index is 1140. The quantitative estimate of drug-likeness (QED) is 0.469. The molecular weight excluding hydrogens is 486 g/mol. The molecule has 1 unspecified atom stereocenters. The fraction of sp³-hybridized carbons (Fsp3) is 0.552. The first-order chi connectivity index (χ1) is 17.7. The molecule has 2 amide bonds. The summed E-state index contributed by atoms with van der Waals surface area (Å²) < 4.78 is 4.89. The van der Waals surface area contributed by atoms with Crippen molar-refractivity contribution in [3.63, 3.8) is 0 Å². The number of hydrogen-bond donors (Lipinski definition) is 2. The third kappa shape index (κ3) is 6.60. The average Bonchev–Trinajstić information content (AvgIpc) is 3.01. The number of para-hydroxylation sites is 1. The smallest absolute Gasteiger partial charge is 0.339 e. The molecule has 2 N–H and O–H groups in total. The second kappa shape index (κ2) is 11.8. The first kappa shape index (κ1) is 27.3. The van der Waals surface area contributed by atoms with Crippen molar-refractivity contribution in [1.82, 2.24) is 4.90 Å². The summed E-state index contributed by atoms with van der Waals surface area (Å²) in [5.74, 6) is -0.400. The summed E-state index contributed by atoms with van der Waals surface area (Å²) in [7, 11) is 1.32. The number of methoxy groups -OCH3 is 1. The fourth-order valence-electron chi connectivity index (χ4n) is 5.38. The van der Waals surface area contributed by atoms with Crippen molar-refractivity contribution in [3.05, 3.63) is 45.8 Å². The van der Waals surface area contributed by atoms with Gasteiger partial charge in [0.25, 0.3) is 5.91 Å². The van der Waals surface area contributed by atoms with Crippen molar-refractivity contribution >= 4 is 39.8 Å². The zero-order chi connectivity index (χ0) is 26.6. The van der Waals surface area contributed by atoms with Crippen molar-refractivity contribution in [2.24, 2.45) is 11.3 Å². The number of amides is 2. The Kier molecular flexibility index (Phi) is 8.70. The lowest BCUT2D eigenvalue weighted by molar-refractivity contribution is -0.117. The summed E-state index contributed by atoms with van der Waals surface area (Å²) >= 11 is 1.53. The number of thiophene rings is 1. The molecule has 0 bridgehead atoms. The number of carbonyl (C=O) groups is 3. The Morgan fingerprint density at radius 3 is 2.43 bits per heavy atom. The van der Waals surface area contributed by atoms with Gasteiger partial charge < -0.3 is 15.4 Å². The molecule has 0 spiro atoms. The minimum atomic E-state index is -0.512. The molecule has 7 nitrogen and oxygen atoms in total. The highest BCUT2D eigenvalue weighted by molar-refractivity contribution is 7.17. The topological polar surface area (TPSA) is 87.7 Å². The van der Waals surface area contributed by atoms with Crippen LogP contribution in [-0.2, 0) is 22.4 Å². The number of anilines is 2. The molecule has 200 valence electrons. The number of nitrogens with zero attached hydrogens (tertiary/aromatic N) is 1. The lowest BCUT2D eigenvalue weighted by Gasteiger charge is -2.33. The number of ether oxygens (including phenoxy) is 1. The van der Waals surface area contributed by atoms with E-state index < -0.39 is 5.97 Å². The van der Waals surface area contributed by atoms with Crippen LogP contribution in [0.4, 0.5) is 10.7 Å². The first-order valence-corrected chi connectivity index (χ1v) is 14.1. The molecule has 1 aromatic heterocycles. The maximum Gasteiger partial charge on any atom is 0.339 e. The van der Waals surface area contributed by atoms with Crippen LogP contribution in [0.25, 0.3) is 0 Å². The second-order valence-electron chi connectivity index (χ2n) is 11.2. The van der Waals surface area contributed by atoms with E-state index in [1.807, 2.05) is 0 Å². The van der Waals surface area contributed by atoms with Gasteiger partial charge in [-0.2, -0.15) is 0 Å². The van der Waals surface area contributed by atoms with E-state index in [4.69, 9.17) is 4.74 Å². The highest BCUT2D eigenvalue weighted by Gasteiger charge is 2.34. The Labute approximate surface area is 224 Å². The number of fused-ring (bicyclic) bond motifs is 1. The Morgan fingerprint density at radius 2 is 1.76 bits per heavy atom. The molecule has 1 atom stereocenters. The van der Waals surface area contributed by atoms with Crippen LogP contribution in [0, 0.1) is 11.3 Å². The number of carbonyl (C=O) groups excluding carboxylic acids is 3. The summed E-state index contributed by atoms with van der Waals surface area (Å²) in [4.78, 5) is 42.4. The van der Waals surface area contributed by atoms with Crippen molar-refractivity contribution in [2.75, 3.05) is 37.4 Å². The summed E-state index contributed by atoms with van der Waals surface area (Å²) in [6, 6.07) is 6.82. The average molecular weight is 526 g/mol. The molecule has 1 aliphatic heterocycles. The molecular formula is C29H39N3O4S. The lowest BCUT2D eigenvalue weighted by atomic mass is 9.72. The number of esters is 1. The van der Waals surface area contributed by atoms with Crippen molar-refractivity contribution < 1.29 is 19.1 Å². The summed E-state index contributed by atoms with van der Waals surface area (Å²) in [5.41, 5.74) is 2.39. The molecule has 1 saturated heterocycles. The predicted octanol–water partition coefficient (Wildman–Crippen LogP) is 5.75. The third-order valence-corrected chi connectivity index (χ3v) is 8.79. The molecule has 4 rings (SSSR count). The van der Waals surface area contributed by atoms with E-state index in [0.29, 0.717) is 34.3 Å². The van der Waals surface area contributed by atoms with Crippen molar-refractivity contribution in [1.29, 1.82) is 0 Å². The van der Waals surface area contributed by atoms with Gasteiger partial charge in [0.05, 0.1) is 30.5 Å². The monoisotopic (exact) mass is 525 g/mol. The highest BCUT2D eigenvalue weighted by atomic mass is 32.1. The summed E-state index contributed by atoms with van der Waals surface area (Å²) in [5, 5.41) is 6.62. The zero-order valence-electron chi connectivity index (χ0n) is 22.4. The number of likely N-dealkylation sites (tertiary alicyclic amines) is 1. The Hall–Kier alpha value is -2.71. The van der Waals surface area contributed by atoms with Gasteiger partial charge in [0.2, 0.25) is 5.91 Å². The molecule has 8 heteroatoms. The molecule has 2 aliphatic rings. The largest absolute Gasteiger partial charge is 0.465 e. The summed E-state index contributed by atoms with van der Waals surface area (Å²) in [6.45, 7) is 8.98. The maximum atomic E-state index is 13.7. The van der Waals surface area contributed by atoms with E-state index in [2.05, 4.69) is 36.3 Å². The highest BCUT2D eigenvalue weighted by Crippen LogP contribution is 2.44. The van der Waals surface area contributed by atoms with Gasteiger partial charge in [0, 0.05) is 4.88 Å². The SMILES string of the molecule is COC(=O)c1ccccc1NC(=O)c1c(NC(=O)CN2CCCCCC2)sc2c1CCC(C(C)(C)C)C2. The molecule has 37 heavy (non-hydrogen) atoms. The maximum absolute atomic E-state index is 13.7. The van der Waals surface area contributed by atoms with Crippen LogP contribution in [0.2, 0.25) is 0 Å². The van der Waals surface area contributed by atoms with E-state index in [-0.39, 0.29) is 17.2 Å². The van der Waals surface area contributed by atoms with Crippen LogP contribution >= 0.6 is 11.3 Å². The normalized spacial score (nSPS) is 18.4. The molecule has 0 saturated carbocycles. The molecule has 1 aliphatic carbocycles. The third-order valence-electron chi connectivity index (χ3n) is 7.62. The van der Waals surface area contributed by atoms with Crippen LogP contribution < -0.4 is 10.6 Å². The lowest BCUT2D eigenvalue weighted by Crippen LogP contribution is -2.34. The van der Waals surface area contributed by atoms with Crippen LogP contribution in [0.15, 0.2) is 24.3 Å². The van der Waals surface area contributed by atoms with E-state index in [1.54, 1.807) is 24.3 Å². The zero-order valence-corrected chi connectivity index (χ0v) is 23.3. The number of benzene rings is 1. The number of hydrogen-bond acceptors (Lipinski definition) is 6. The summed E-state index contributed by atoms with van der Waals surface area (Å²) in [6.07, 6.45) is 7.32. The molecule has 0 radical (unpaired) electrons. The van der Waals surface area contributed by atoms with Gasteiger partial charge in [-0.05, 0) is 74.2 Å². The van der Waals surface area contributed by atoms with Gasteiger partial charge in [0.15, 0.2) is 0 Å². The Morgan fingerprint density at radius 1 is 1.05 bits per heavy atom. The van der Waals surface area contributed by atoms with Gasteiger partial charge >= 0.3 is 5.97 Å². The van der Waals surface area contributed by atoms with E-state index in [0.717, 1.165) is 50.8 Å². The minimum absolute atomic E-state index is 0.0862. The van der Waals surface area contributed by atoms with Crippen LogP contribution in [0.1, 0.15) is 84.0 Å². The number of nitrogens with one attached hydrogen (secondary N) is 2. The van der Waals surface area contributed by atoms with Crippen LogP contribution in [0.3, 0.4) is 0 Å². The molecule has 1 aromatic carbocycles. The van der Waals surface area contributed by atoms with Crippen LogP contribution in [0.5, 0.6) is 0 Å². The fourth-order valence-corrected chi connectivity index (χ4v) is 6.72. The van der Waals surface area contributed by atoms with Gasteiger partial charge in [-0.15, -0.1) is 11.3 Å². The van der Waals surface area contributed by atoms with Gasteiger partial charge in [-0.25, -0.2) is 4.79 Å². The molecule has 1 fully saturated rings. The Balaban J connectivity index is 1.62. The van der Waals surface area contributed by atoms with Crippen LogP contribution in [-0.4, -0.2) is 49.4 Å². The first-order valence-electron chi connectivity index (χ1n) is 13.3. The second-order valence-corrected chi connectivity index (χ2v) is 12.3. The predicted molar refractivity (Wildman–Crippen MR) is 149 cm³/mol. The van der Waals surface area contributed by atoms with E-state index in [1.165, 1.54) is 36.2 Å². The van der Waals surface area contributed by atoms with Crippen molar-refractivity contribution in [2.45, 2.75) is 65.7 Å². The number of rotatable bonds is 6. The molecule has 2 heterocycles. The minimum Gasteiger partial charge on any atom is -0.465 e. The van der Waals surface area contributed by atoms with E-state index in [9.17, 15) is 14.4 Å².